The molecule has 2 rings (SSSR count). The van der Waals surface area contributed by atoms with Crippen LogP contribution in [0.1, 0.15) is 66.4 Å². The summed E-state index contributed by atoms with van der Waals surface area (Å²) in [5.41, 5.74) is 1.92. The molecular weight excluding hydrogens is 332 g/mol. The Balaban J connectivity index is 2.16. The van der Waals surface area contributed by atoms with Gasteiger partial charge in [0.15, 0.2) is 5.69 Å². The number of nitrogens with zero attached hydrogens (tertiary/aromatic N) is 2. The molecule has 6 nitrogen and oxygen atoms in total. The second-order valence-corrected chi connectivity index (χ2v) is 7.17. The van der Waals surface area contributed by atoms with Crippen LogP contribution in [-0.4, -0.2) is 35.4 Å². The maximum absolute atomic E-state index is 12.9. The van der Waals surface area contributed by atoms with Gasteiger partial charge in [0.25, 0.3) is 5.91 Å². The van der Waals surface area contributed by atoms with E-state index in [1.807, 2.05) is 31.2 Å². The smallest absolute Gasteiger partial charge is 0.360 e. The third-order valence-corrected chi connectivity index (χ3v) is 4.05. The lowest BCUT2D eigenvalue weighted by Gasteiger charge is -2.22. The fourth-order valence-corrected chi connectivity index (χ4v) is 2.56. The van der Waals surface area contributed by atoms with Crippen molar-refractivity contribution in [3.63, 3.8) is 0 Å². The summed E-state index contributed by atoms with van der Waals surface area (Å²) in [4.78, 5) is 30.1. The molecule has 0 N–H and O–H groups in total. The van der Waals surface area contributed by atoms with Crippen LogP contribution in [0.2, 0.25) is 0 Å². The van der Waals surface area contributed by atoms with Gasteiger partial charge in [-0.25, -0.2) is 9.78 Å². The van der Waals surface area contributed by atoms with E-state index in [4.69, 9.17) is 4.42 Å². The van der Waals surface area contributed by atoms with Crippen LogP contribution in [-0.2, 0) is 16.7 Å². The Morgan fingerprint density at radius 1 is 1.19 bits per heavy atom. The van der Waals surface area contributed by atoms with E-state index in [1.54, 1.807) is 4.90 Å². The Kier molecular flexibility index (Phi) is 6.18. The van der Waals surface area contributed by atoms with Crippen LogP contribution < -0.4 is 0 Å². The van der Waals surface area contributed by atoms with Crippen molar-refractivity contribution in [3.05, 3.63) is 53.2 Å². The molecule has 0 aliphatic heterocycles. The zero-order valence-electron chi connectivity index (χ0n) is 16.0. The second kappa shape index (κ2) is 8.17. The Morgan fingerprint density at radius 3 is 2.38 bits per heavy atom. The highest BCUT2D eigenvalue weighted by Crippen LogP contribution is 2.22. The highest BCUT2D eigenvalue weighted by molar-refractivity contribution is 5.94. The third-order valence-electron chi connectivity index (χ3n) is 4.05. The van der Waals surface area contributed by atoms with E-state index in [2.05, 4.69) is 30.5 Å². The van der Waals surface area contributed by atoms with Gasteiger partial charge in [-0.05, 0) is 29.5 Å². The average molecular weight is 358 g/mol. The maximum Gasteiger partial charge on any atom is 0.360 e. The average Bonchev–Trinajstić information content (AvgIpc) is 3.08. The molecule has 1 amide bonds. The van der Waals surface area contributed by atoms with Gasteiger partial charge in [-0.1, -0.05) is 39.8 Å². The minimum atomic E-state index is -0.564. The number of carbonyl (C=O) groups is 2. The minimum Gasteiger partial charge on any atom is -0.464 e. The van der Waals surface area contributed by atoms with E-state index >= 15 is 0 Å². The van der Waals surface area contributed by atoms with Crippen molar-refractivity contribution in [2.45, 2.75) is 46.1 Å². The van der Waals surface area contributed by atoms with Crippen molar-refractivity contribution in [1.82, 2.24) is 9.88 Å². The van der Waals surface area contributed by atoms with Gasteiger partial charge in [-0.15, -0.1) is 0 Å². The quantitative estimate of drug-likeness (QED) is 0.734. The van der Waals surface area contributed by atoms with E-state index in [0.717, 1.165) is 6.42 Å². The molecule has 0 aliphatic carbocycles. The van der Waals surface area contributed by atoms with Gasteiger partial charge in [0.05, 0.1) is 13.7 Å². The maximum atomic E-state index is 12.9. The molecule has 0 spiro atoms. The number of oxazole rings is 1. The van der Waals surface area contributed by atoms with Crippen molar-refractivity contribution < 1.29 is 18.7 Å². The molecule has 1 aromatic carbocycles. The molecule has 2 aromatic rings. The van der Waals surface area contributed by atoms with Crippen LogP contribution in [0.3, 0.4) is 0 Å². The number of hydrogen-bond donors (Lipinski definition) is 0. The molecule has 0 radical (unpaired) electrons. The van der Waals surface area contributed by atoms with Crippen molar-refractivity contribution >= 4 is 11.9 Å². The minimum absolute atomic E-state index is 0.0348. The topological polar surface area (TPSA) is 72.6 Å². The van der Waals surface area contributed by atoms with Crippen LogP contribution in [0.5, 0.6) is 0 Å². The lowest BCUT2D eigenvalue weighted by atomic mass is 9.86. The molecular formula is C20H26N2O4. The van der Waals surface area contributed by atoms with Gasteiger partial charge in [0.2, 0.25) is 5.89 Å². The Hall–Kier alpha value is -2.63. The first-order valence-electron chi connectivity index (χ1n) is 8.68. The summed E-state index contributed by atoms with van der Waals surface area (Å²) in [7, 11) is 1.28. The molecule has 0 aliphatic rings. The Morgan fingerprint density at radius 2 is 1.85 bits per heavy atom. The molecule has 0 atom stereocenters. The summed E-state index contributed by atoms with van der Waals surface area (Å²) < 4.78 is 9.92. The lowest BCUT2D eigenvalue weighted by Crippen LogP contribution is -2.31. The highest BCUT2D eigenvalue weighted by Gasteiger charge is 2.20. The number of amides is 1. The molecule has 140 valence electrons. The zero-order valence-corrected chi connectivity index (χ0v) is 16.0. The normalized spacial score (nSPS) is 11.3. The van der Waals surface area contributed by atoms with Crippen molar-refractivity contribution in [1.29, 1.82) is 0 Å². The summed E-state index contributed by atoms with van der Waals surface area (Å²) in [5.74, 6) is -0.352. The molecule has 26 heavy (non-hydrogen) atoms. The molecule has 1 heterocycles. The first-order valence-corrected chi connectivity index (χ1v) is 8.68. The van der Waals surface area contributed by atoms with Crippen molar-refractivity contribution in [2.75, 3.05) is 13.7 Å². The number of carbonyl (C=O) groups excluding carboxylic acids is 2. The van der Waals surface area contributed by atoms with Gasteiger partial charge in [-0.3, -0.25) is 4.79 Å². The molecule has 0 fully saturated rings. The molecule has 1 aromatic heterocycles. The van der Waals surface area contributed by atoms with Crippen LogP contribution in [0.15, 0.2) is 34.9 Å². The Labute approximate surface area is 154 Å². The van der Waals surface area contributed by atoms with E-state index < -0.39 is 5.97 Å². The van der Waals surface area contributed by atoms with Gasteiger partial charge < -0.3 is 14.1 Å². The zero-order chi connectivity index (χ0) is 19.3. The van der Waals surface area contributed by atoms with E-state index in [0.29, 0.717) is 18.0 Å². The fraction of sp³-hybridized carbons (Fsp3) is 0.450. The summed E-state index contributed by atoms with van der Waals surface area (Å²) in [5, 5.41) is 0. The summed E-state index contributed by atoms with van der Waals surface area (Å²) in [6.45, 7) is 9.16. The predicted octanol–water partition coefficient (Wildman–Crippen LogP) is 3.81. The largest absolute Gasteiger partial charge is 0.464 e. The van der Waals surface area contributed by atoms with Gasteiger partial charge >= 0.3 is 5.97 Å². The molecule has 0 bridgehead atoms. The highest BCUT2D eigenvalue weighted by atomic mass is 16.5. The number of aromatic nitrogens is 1. The van der Waals surface area contributed by atoms with Crippen LogP contribution in [0, 0.1) is 0 Å². The van der Waals surface area contributed by atoms with Crippen LogP contribution in [0.4, 0.5) is 0 Å². The molecule has 6 heteroatoms. The number of rotatable bonds is 6. The molecule has 0 saturated heterocycles. The number of methoxy groups -OCH3 is 1. The number of hydrogen-bond acceptors (Lipinski definition) is 5. The van der Waals surface area contributed by atoms with Gasteiger partial charge in [0.1, 0.15) is 6.26 Å². The molecule has 0 saturated carbocycles. The van der Waals surface area contributed by atoms with Crippen LogP contribution in [0.25, 0.3) is 0 Å². The number of ether oxygens (including phenoxy) is 1. The SMILES string of the molecule is CCCN(Cc1nc(C(=O)OC)co1)C(=O)c1ccc(C(C)(C)C)cc1. The first-order chi connectivity index (χ1) is 12.3. The molecule has 0 unspecified atom stereocenters. The summed E-state index contributed by atoms with van der Waals surface area (Å²) >= 11 is 0. The lowest BCUT2D eigenvalue weighted by molar-refractivity contribution is 0.0594. The summed E-state index contributed by atoms with van der Waals surface area (Å²) in [6.07, 6.45) is 2.05. The monoisotopic (exact) mass is 358 g/mol. The summed E-state index contributed by atoms with van der Waals surface area (Å²) in [6, 6.07) is 7.66. The van der Waals surface area contributed by atoms with Gasteiger partial charge in [0, 0.05) is 12.1 Å². The van der Waals surface area contributed by atoms with E-state index in [-0.39, 0.29) is 23.6 Å². The van der Waals surface area contributed by atoms with E-state index in [1.165, 1.54) is 18.9 Å². The van der Waals surface area contributed by atoms with Gasteiger partial charge in [-0.2, -0.15) is 0 Å². The Bertz CT molecular complexity index is 757. The standard InChI is InChI=1S/C20H26N2O4/c1-6-11-22(12-17-21-16(13-26-17)19(24)25-5)18(23)14-7-9-15(10-8-14)20(2,3)4/h7-10,13H,6,11-12H2,1-5H3. The third kappa shape index (κ3) is 4.71. The van der Waals surface area contributed by atoms with Crippen molar-refractivity contribution in [2.24, 2.45) is 0 Å². The second-order valence-electron chi connectivity index (χ2n) is 7.17. The predicted molar refractivity (Wildman–Crippen MR) is 98.0 cm³/mol. The fourth-order valence-electron chi connectivity index (χ4n) is 2.56. The number of esters is 1. The van der Waals surface area contributed by atoms with E-state index in [9.17, 15) is 9.59 Å². The van der Waals surface area contributed by atoms with Crippen molar-refractivity contribution in [3.8, 4) is 0 Å². The van der Waals surface area contributed by atoms with Crippen LogP contribution >= 0.6 is 0 Å². The number of benzene rings is 1. The first kappa shape index (κ1) is 19.7.